The van der Waals surface area contributed by atoms with Crippen LogP contribution in [-0.2, 0) is 6.54 Å². The lowest BCUT2D eigenvalue weighted by Crippen LogP contribution is -2.36. The van der Waals surface area contributed by atoms with E-state index in [2.05, 4.69) is 25.6 Å². The Balaban J connectivity index is 1.54. The van der Waals surface area contributed by atoms with E-state index in [1.54, 1.807) is 24.8 Å². The van der Waals surface area contributed by atoms with Crippen LogP contribution >= 0.6 is 0 Å². The monoisotopic (exact) mass is 336 g/mol. The fraction of sp³-hybridized carbons (Fsp3) is 0.222. The van der Waals surface area contributed by atoms with E-state index in [9.17, 15) is 4.79 Å². The number of carbonyl (C=O) groups is 1. The van der Waals surface area contributed by atoms with Crippen molar-refractivity contribution < 1.29 is 4.79 Å². The molecule has 0 saturated heterocycles. The fourth-order valence-corrected chi connectivity index (χ4v) is 2.45. The highest BCUT2D eigenvalue weighted by Crippen LogP contribution is 2.15. The molecule has 0 saturated carbocycles. The highest BCUT2D eigenvalue weighted by Gasteiger charge is 2.09. The van der Waals surface area contributed by atoms with Gasteiger partial charge in [-0.15, -0.1) is 0 Å². The molecule has 1 aromatic carbocycles. The van der Waals surface area contributed by atoms with E-state index in [-0.39, 0.29) is 12.1 Å². The van der Waals surface area contributed by atoms with Crippen molar-refractivity contribution in [1.29, 1.82) is 0 Å². The van der Waals surface area contributed by atoms with Crippen molar-refractivity contribution in [2.24, 2.45) is 0 Å². The van der Waals surface area contributed by atoms with Gasteiger partial charge in [-0.25, -0.2) is 19.7 Å². The molecule has 0 aliphatic rings. The highest BCUT2D eigenvalue weighted by molar-refractivity contribution is 5.74. The van der Waals surface area contributed by atoms with Crippen molar-refractivity contribution >= 4 is 6.03 Å². The maximum atomic E-state index is 12.1. The zero-order valence-corrected chi connectivity index (χ0v) is 14.2. The minimum Gasteiger partial charge on any atom is -0.332 e. The lowest BCUT2D eigenvalue weighted by Gasteiger charge is -2.15. The van der Waals surface area contributed by atoms with E-state index in [4.69, 9.17) is 0 Å². The molecule has 3 rings (SSSR count). The second-order valence-electron chi connectivity index (χ2n) is 5.71. The van der Waals surface area contributed by atoms with Crippen molar-refractivity contribution in [2.75, 3.05) is 0 Å². The van der Waals surface area contributed by atoms with Gasteiger partial charge in [-0.1, -0.05) is 12.1 Å². The topological polar surface area (TPSA) is 84.7 Å². The third kappa shape index (κ3) is 4.41. The summed E-state index contributed by atoms with van der Waals surface area (Å²) in [6.45, 7) is 4.13. The number of aryl methyl sites for hydroxylation is 1. The molecular weight excluding hydrogens is 316 g/mol. The summed E-state index contributed by atoms with van der Waals surface area (Å²) in [5.74, 6) is 0.686. The van der Waals surface area contributed by atoms with Gasteiger partial charge in [0.15, 0.2) is 0 Å². The van der Waals surface area contributed by atoms with Crippen LogP contribution in [0.3, 0.4) is 0 Å². The Kier molecular flexibility index (Phi) is 5.03. The van der Waals surface area contributed by atoms with E-state index in [0.29, 0.717) is 12.4 Å². The molecule has 7 heteroatoms. The SMILES string of the molecule is Cc1nccc(CNC(=O)NC(C)c2ccc(-n3ccnc3)cc2)n1. The number of urea groups is 1. The average Bonchev–Trinajstić information content (AvgIpc) is 3.15. The maximum absolute atomic E-state index is 12.1. The summed E-state index contributed by atoms with van der Waals surface area (Å²) in [6, 6.07) is 9.42. The van der Waals surface area contributed by atoms with Crippen molar-refractivity contribution in [1.82, 2.24) is 30.2 Å². The standard InChI is InChI=1S/C18H20N6O/c1-13(15-3-5-17(6-4-15)24-10-9-19-12-24)22-18(25)21-11-16-7-8-20-14(2)23-16/h3-10,12-13H,11H2,1-2H3,(H2,21,22,25). The van der Waals surface area contributed by atoms with E-state index in [0.717, 1.165) is 16.9 Å². The van der Waals surface area contributed by atoms with Gasteiger partial charge >= 0.3 is 6.03 Å². The molecule has 128 valence electrons. The number of imidazole rings is 1. The van der Waals surface area contributed by atoms with Crippen LogP contribution in [0.25, 0.3) is 5.69 Å². The van der Waals surface area contributed by atoms with Crippen LogP contribution in [0.1, 0.15) is 30.0 Å². The predicted molar refractivity (Wildman–Crippen MR) is 94.1 cm³/mol. The van der Waals surface area contributed by atoms with Crippen molar-refractivity contribution in [3.63, 3.8) is 0 Å². The van der Waals surface area contributed by atoms with E-state index in [1.165, 1.54) is 0 Å². The van der Waals surface area contributed by atoms with Gasteiger partial charge in [0.25, 0.3) is 0 Å². The van der Waals surface area contributed by atoms with Gasteiger partial charge < -0.3 is 15.2 Å². The molecular formula is C18H20N6O. The molecule has 0 radical (unpaired) electrons. The van der Waals surface area contributed by atoms with Crippen LogP contribution in [0.2, 0.25) is 0 Å². The minimum atomic E-state index is -0.234. The number of amides is 2. The zero-order valence-electron chi connectivity index (χ0n) is 14.2. The lowest BCUT2D eigenvalue weighted by molar-refractivity contribution is 0.237. The number of nitrogens with one attached hydrogen (secondary N) is 2. The number of hydrogen-bond acceptors (Lipinski definition) is 4. The smallest absolute Gasteiger partial charge is 0.315 e. The normalized spacial score (nSPS) is 11.8. The van der Waals surface area contributed by atoms with Crippen molar-refractivity contribution in [2.45, 2.75) is 26.4 Å². The van der Waals surface area contributed by atoms with Gasteiger partial charge in [-0.2, -0.15) is 0 Å². The van der Waals surface area contributed by atoms with E-state index >= 15 is 0 Å². The number of benzene rings is 1. The Hall–Kier alpha value is -3.22. The van der Waals surface area contributed by atoms with Gasteiger partial charge in [-0.3, -0.25) is 0 Å². The zero-order chi connectivity index (χ0) is 17.6. The van der Waals surface area contributed by atoms with Crippen LogP contribution in [0.15, 0.2) is 55.2 Å². The van der Waals surface area contributed by atoms with Gasteiger partial charge in [0.1, 0.15) is 5.82 Å². The molecule has 2 aromatic heterocycles. The summed E-state index contributed by atoms with van der Waals surface area (Å²) in [6.07, 6.45) is 7.06. The van der Waals surface area contributed by atoms with Crippen LogP contribution in [0.4, 0.5) is 4.79 Å². The molecule has 3 aromatic rings. The van der Waals surface area contributed by atoms with Crippen molar-refractivity contribution in [3.8, 4) is 5.69 Å². The first kappa shape index (κ1) is 16.6. The maximum Gasteiger partial charge on any atom is 0.315 e. The number of rotatable bonds is 5. The number of nitrogens with zero attached hydrogens (tertiary/aromatic N) is 4. The van der Waals surface area contributed by atoms with Crippen molar-refractivity contribution in [3.05, 3.63) is 72.3 Å². The average molecular weight is 336 g/mol. The van der Waals surface area contributed by atoms with Crippen LogP contribution in [-0.4, -0.2) is 25.6 Å². The second kappa shape index (κ2) is 7.57. The van der Waals surface area contributed by atoms with Gasteiger partial charge in [-0.05, 0) is 37.6 Å². The predicted octanol–water partition coefficient (Wildman–Crippen LogP) is 2.53. The molecule has 2 amide bonds. The quantitative estimate of drug-likeness (QED) is 0.750. The Morgan fingerprint density at radius 2 is 2.00 bits per heavy atom. The fourth-order valence-electron chi connectivity index (χ4n) is 2.45. The van der Waals surface area contributed by atoms with E-state index < -0.39 is 0 Å². The minimum absolute atomic E-state index is 0.107. The molecule has 2 heterocycles. The Morgan fingerprint density at radius 1 is 1.20 bits per heavy atom. The van der Waals surface area contributed by atoms with Crippen LogP contribution in [0, 0.1) is 6.92 Å². The molecule has 0 spiro atoms. The summed E-state index contributed by atoms with van der Waals surface area (Å²) in [5, 5.41) is 5.73. The molecule has 25 heavy (non-hydrogen) atoms. The highest BCUT2D eigenvalue weighted by atomic mass is 16.2. The summed E-state index contributed by atoms with van der Waals surface area (Å²) in [4.78, 5) is 24.4. The molecule has 0 aliphatic heterocycles. The molecule has 1 unspecified atom stereocenters. The summed E-state index contributed by atoms with van der Waals surface area (Å²) >= 11 is 0. The van der Waals surface area contributed by atoms with Crippen LogP contribution < -0.4 is 10.6 Å². The molecule has 0 aliphatic carbocycles. The summed E-state index contributed by atoms with van der Waals surface area (Å²) in [5.41, 5.74) is 2.83. The number of carbonyl (C=O) groups excluding carboxylic acids is 1. The summed E-state index contributed by atoms with van der Waals surface area (Å²) in [7, 11) is 0. The Labute approximate surface area is 146 Å². The molecule has 2 N–H and O–H groups in total. The first-order valence-corrected chi connectivity index (χ1v) is 8.03. The molecule has 0 bridgehead atoms. The first-order chi connectivity index (χ1) is 12.1. The largest absolute Gasteiger partial charge is 0.332 e. The van der Waals surface area contributed by atoms with Gasteiger partial charge in [0.05, 0.1) is 24.6 Å². The Bertz CT molecular complexity index is 829. The van der Waals surface area contributed by atoms with Gasteiger partial charge in [0, 0.05) is 24.3 Å². The van der Waals surface area contributed by atoms with Gasteiger partial charge in [0.2, 0.25) is 0 Å². The summed E-state index contributed by atoms with van der Waals surface area (Å²) < 4.78 is 1.93. The number of aromatic nitrogens is 4. The van der Waals surface area contributed by atoms with E-state index in [1.807, 2.05) is 48.9 Å². The second-order valence-corrected chi connectivity index (χ2v) is 5.71. The lowest BCUT2D eigenvalue weighted by atomic mass is 10.1. The molecule has 1 atom stereocenters. The third-order valence-corrected chi connectivity index (χ3v) is 3.81. The third-order valence-electron chi connectivity index (χ3n) is 3.81. The molecule has 7 nitrogen and oxygen atoms in total. The molecule has 0 fully saturated rings. The first-order valence-electron chi connectivity index (χ1n) is 8.03. The number of hydrogen-bond donors (Lipinski definition) is 2. The Morgan fingerprint density at radius 3 is 2.68 bits per heavy atom. The van der Waals surface area contributed by atoms with Crippen LogP contribution in [0.5, 0.6) is 0 Å².